The highest BCUT2D eigenvalue weighted by Crippen LogP contribution is 2.08. The summed E-state index contributed by atoms with van der Waals surface area (Å²) in [5, 5.41) is 15.5. The van der Waals surface area contributed by atoms with E-state index < -0.39 is 17.8 Å². The van der Waals surface area contributed by atoms with Crippen LogP contribution >= 0.6 is 0 Å². The third-order valence-corrected chi connectivity index (χ3v) is 3.44. The zero-order valence-electron chi connectivity index (χ0n) is 15.0. The van der Waals surface area contributed by atoms with E-state index >= 15 is 0 Å². The second-order valence-corrected chi connectivity index (χ2v) is 7.07. The van der Waals surface area contributed by atoms with Gasteiger partial charge in [-0.25, -0.2) is 4.79 Å². The normalized spacial score (nSPS) is 24.2. The number of rotatable bonds is 5. The fourth-order valence-electron chi connectivity index (χ4n) is 2.20. The average molecular weight is 342 g/mol. The summed E-state index contributed by atoms with van der Waals surface area (Å²) in [4.78, 5) is 23.7. The van der Waals surface area contributed by atoms with Gasteiger partial charge in [0.2, 0.25) is 5.91 Å². The Hall–Kier alpha value is -1.60. The second kappa shape index (κ2) is 9.64. The van der Waals surface area contributed by atoms with Crippen LogP contribution in [0, 0.1) is 0 Å². The van der Waals surface area contributed by atoms with E-state index in [9.17, 15) is 14.7 Å². The van der Waals surface area contributed by atoms with E-state index in [1.165, 1.54) is 0 Å². The van der Waals surface area contributed by atoms with Crippen molar-refractivity contribution >= 4 is 12.0 Å². The molecule has 1 unspecified atom stereocenters. The highest BCUT2D eigenvalue weighted by Gasteiger charge is 2.22. The second-order valence-electron chi connectivity index (χ2n) is 7.07. The molecule has 0 radical (unpaired) electrons. The van der Waals surface area contributed by atoms with E-state index in [0.717, 1.165) is 0 Å². The van der Waals surface area contributed by atoms with Gasteiger partial charge < -0.3 is 25.2 Å². The van der Waals surface area contributed by atoms with Crippen molar-refractivity contribution in [1.82, 2.24) is 10.6 Å². The van der Waals surface area contributed by atoms with Gasteiger partial charge in [0.25, 0.3) is 0 Å². The summed E-state index contributed by atoms with van der Waals surface area (Å²) in [6, 6.07) is -0.542. The summed E-state index contributed by atoms with van der Waals surface area (Å²) in [7, 11) is 0. The van der Waals surface area contributed by atoms with Gasteiger partial charge in [-0.05, 0) is 40.5 Å². The monoisotopic (exact) mass is 342 g/mol. The van der Waals surface area contributed by atoms with Crippen LogP contribution < -0.4 is 10.6 Å². The molecule has 3 N–H and O–H groups in total. The summed E-state index contributed by atoms with van der Waals surface area (Å²) in [5.41, 5.74) is -0.550. The Kier molecular flexibility index (Phi) is 8.21. The lowest BCUT2D eigenvalue weighted by Crippen LogP contribution is -2.46. The fourth-order valence-corrected chi connectivity index (χ4v) is 2.20. The molecule has 0 bridgehead atoms. The van der Waals surface area contributed by atoms with Crippen LogP contribution in [0.15, 0.2) is 12.2 Å². The number of hydrogen-bond donors (Lipinski definition) is 3. The van der Waals surface area contributed by atoms with E-state index in [-0.39, 0.29) is 31.0 Å². The first kappa shape index (κ1) is 20.4. The average Bonchev–Trinajstić information content (AvgIpc) is 2.42. The van der Waals surface area contributed by atoms with Crippen molar-refractivity contribution < 1.29 is 24.2 Å². The van der Waals surface area contributed by atoms with Gasteiger partial charge in [0, 0.05) is 12.5 Å². The zero-order valence-corrected chi connectivity index (χ0v) is 15.0. The fraction of sp³-hybridized carbons (Fsp3) is 0.765. The molecule has 0 aliphatic carbocycles. The summed E-state index contributed by atoms with van der Waals surface area (Å²) >= 11 is 0. The SMILES string of the molecule is C[C@@H](CCC(=O)NC1C/C=C\COC[C@H]1O)NC(=O)OC(C)(C)C. The van der Waals surface area contributed by atoms with E-state index in [1.807, 2.05) is 19.1 Å². The Balaban J connectivity index is 2.32. The number of ether oxygens (including phenoxy) is 2. The van der Waals surface area contributed by atoms with Crippen LogP contribution in [0.3, 0.4) is 0 Å². The van der Waals surface area contributed by atoms with Crippen molar-refractivity contribution in [1.29, 1.82) is 0 Å². The molecule has 0 aromatic rings. The molecule has 1 heterocycles. The molecule has 7 heteroatoms. The van der Waals surface area contributed by atoms with Crippen LogP contribution in [0.25, 0.3) is 0 Å². The number of aliphatic hydroxyl groups excluding tert-OH is 1. The van der Waals surface area contributed by atoms with Crippen LogP contribution in [-0.4, -0.2) is 54.1 Å². The quantitative estimate of drug-likeness (QED) is 0.658. The minimum atomic E-state index is -0.726. The molecule has 24 heavy (non-hydrogen) atoms. The van der Waals surface area contributed by atoms with Gasteiger partial charge in [-0.3, -0.25) is 4.79 Å². The maximum absolute atomic E-state index is 12.0. The first-order valence-corrected chi connectivity index (χ1v) is 8.37. The van der Waals surface area contributed by atoms with Crippen molar-refractivity contribution in [3.63, 3.8) is 0 Å². The van der Waals surface area contributed by atoms with Crippen molar-refractivity contribution in [3.8, 4) is 0 Å². The molecule has 0 fully saturated rings. The van der Waals surface area contributed by atoms with Crippen LogP contribution in [0.2, 0.25) is 0 Å². The van der Waals surface area contributed by atoms with Crippen LogP contribution in [0.5, 0.6) is 0 Å². The minimum absolute atomic E-state index is 0.161. The Labute approximate surface area is 143 Å². The number of aliphatic hydroxyl groups is 1. The standard InChI is InChI=1S/C17H30N2O5/c1-12(18-16(22)24-17(2,3)4)8-9-15(21)19-13-7-5-6-10-23-11-14(13)20/h5-6,12-14,20H,7-11H2,1-4H3,(H,18,22)(H,19,21)/b6-5-/t12-,13?,14+/m0/s1. The van der Waals surface area contributed by atoms with Gasteiger partial charge in [-0.2, -0.15) is 0 Å². The highest BCUT2D eigenvalue weighted by molar-refractivity contribution is 5.76. The number of carbonyl (C=O) groups is 2. The first-order valence-electron chi connectivity index (χ1n) is 8.37. The molecular formula is C17H30N2O5. The largest absolute Gasteiger partial charge is 0.444 e. The van der Waals surface area contributed by atoms with E-state index in [1.54, 1.807) is 20.8 Å². The van der Waals surface area contributed by atoms with Crippen molar-refractivity contribution in [2.45, 2.75) is 70.7 Å². The first-order chi connectivity index (χ1) is 11.2. The molecule has 0 saturated heterocycles. The Bertz CT molecular complexity index is 445. The van der Waals surface area contributed by atoms with Crippen molar-refractivity contribution in [2.24, 2.45) is 0 Å². The zero-order chi connectivity index (χ0) is 18.2. The summed E-state index contributed by atoms with van der Waals surface area (Å²) in [5.74, 6) is -0.161. The van der Waals surface area contributed by atoms with Crippen LogP contribution in [0.4, 0.5) is 4.79 Å². The molecule has 1 aliphatic heterocycles. The maximum Gasteiger partial charge on any atom is 0.407 e. The highest BCUT2D eigenvalue weighted by atomic mass is 16.6. The molecule has 1 aliphatic rings. The number of alkyl carbamates (subject to hydrolysis) is 1. The van der Waals surface area contributed by atoms with Crippen molar-refractivity contribution in [3.05, 3.63) is 12.2 Å². The maximum atomic E-state index is 12.0. The molecule has 0 saturated carbocycles. The third-order valence-electron chi connectivity index (χ3n) is 3.44. The van der Waals surface area contributed by atoms with Gasteiger partial charge in [0.1, 0.15) is 5.60 Å². The molecule has 7 nitrogen and oxygen atoms in total. The lowest BCUT2D eigenvalue weighted by molar-refractivity contribution is -0.123. The smallest absolute Gasteiger partial charge is 0.407 e. The summed E-state index contributed by atoms with van der Waals surface area (Å²) in [6.45, 7) is 7.88. The molecular weight excluding hydrogens is 312 g/mol. The number of amides is 2. The molecule has 0 aromatic carbocycles. The molecule has 138 valence electrons. The van der Waals surface area contributed by atoms with E-state index in [4.69, 9.17) is 9.47 Å². The van der Waals surface area contributed by atoms with Crippen LogP contribution in [0.1, 0.15) is 47.0 Å². The Morgan fingerprint density at radius 1 is 1.38 bits per heavy atom. The predicted molar refractivity (Wildman–Crippen MR) is 90.6 cm³/mol. The molecule has 1 rings (SSSR count). The van der Waals surface area contributed by atoms with Gasteiger partial charge in [0.15, 0.2) is 0 Å². The Morgan fingerprint density at radius 2 is 2.08 bits per heavy atom. The molecule has 2 amide bonds. The minimum Gasteiger partial charge on any atom is -0.444 e. The summed E-state index contributed by atoms with van der Waals surface area (Å²) in [6.07, 6.45) is 3.86. The van der Waals surface area contributed by atoms with Gasteiger partial charge >= 0.3 is 6.09 Å². The number of nitrogens with one attached hydrogen (secondary N) is 2. The molecule has 3 atom stereocenters. The van der Waals surface area contributed by atoms with E-state index in [0.29, 0.717) is 19.4 Å². The summed E-state index contributed by atoms with van der Waals surface area (Å²) < 4.78 is 10.4. The third kappa shape index (κ3) is 8.88. The van der Waals surface area contributed by atoms with E-state index in [2.05, 4.69) is 10.6 Å². The number of carbonyl (C=O) groups excluding carboxylic acids is 2. The molecule has 0 spiro atoms. The Morgan fingerprint density at radius 3 is 2.75 bits per heavy atom. The lowest BCUT2D eigenvalue weighted by atomic mass is 10.1. The number of hydrogen-bond acceptors (Lipinski definition) is 5. The van der Waals surface area contributed by atoms with Gasteiger partial charge in [-0.1, -0.05) is 12.2 Å². The van der Waals surface area contributed by atoms with Gasteiger partial charge in [0.05, 0.1) is 25.4 Å². The lowest BCUT2D eigenvalue weighted by Gasteiger charge is -2.25. The molecule has 0 aromatic heterocycles. The van der Waals surface area contributed by atoms with Gasteiger partial charge in [-0.15, -0.1) is 0 Å². The topological polar surface area (TPSA) is 96.9 Å². The predicted octanol–water partition coefficient (Wildman–Crippen LogP) is 1.50. The van der Waals surface area contributed by atoms with Crippen LogP contribution in [-0.2, 0) is 14.3 Å². The van der Waals surface area contributed by atoms with Crippen molar-refractivity contribution in [2.75, 3.05) is 13.2 Å².